The van der Waals surface area contributed by atoms with Crippen molar-refractivity contribution in [3.05, 3.63) is 41.6 Å². The van der Waals surface area contributed by atoms with Gasteiger partial charge in [0.25, 0.3) is 0 Å². The molecule has 2 heterocycles. The van der Waals surface area contributed by atoms with Gasteiger partial charge in [-0.2, -0.15) is 0 Å². The third-order valence-electron chi connectivity index (χ3n) is 3.60. The van der Waals surface area contributed by atoms with Gasteiger partial charge in [-0.15, -0.1) is 0 Å². The van der Waals surface area contributed by atoms with Crippen molar-refractivity contribution in [3.8, 4) is 0 Å². The van der Waals surface area contributed by atoms with Gasteiger partial charge < -0.3 is 4.90 Å². The zero-order valence-corrected chi connectivity index (χ0v) is 10.7. The number of nitrogens with zero attached hydrogens (tertiary/aromatic N) is 3. The lowest BCUT2D eigenvalue weighted by Crippen LogP contribution is -2.37. The van der Waals surface area contributed by atoms with Crippen LogP contribution in [0.3, 0.4) is 0 Å². The number of nitrogen functional groups attached to an aromatic ring is 1. The van der Waals surface area contributed by atoms with Gasteiger partial charge in [-0.05, 0) is 25.0 Å². The second-order valence-corrected chi connectivity index (χ2v) is 4.70. The van der Waals surface area contributed by atoms with Crippen LogP contribution in [-0.2, 0) is 13.5 Å². The number of para-hydroxylation sites is 1. The molecule has 4 nitrogen and oxygen atoms in total. The highest BCUT2D eigenvalue weighted by Crippen LogP contribution is 2.33. The number of nitrogens with two attached hydrogens (primary N) is 1. The Balaban J connectivity index is 2.08. The zero-order valence-electron chi connectivity index (χ0n) is 10.7. The molecule has 2 N–H and O–H groups in total. The Labute approximate surface area is 107 Å². The van der Waals surface area contributed by atoms with Crippen molar-refractivity contribution >= 4 is 17.5 Å². The summed E-state index contributed by atoms with van der Waals surface area (Å²) in [5.41, 5.74) is 9.67. The van der Waals surface area contributed by atoms with E-state index in [9.17, 15) is 0 Å². The Hall–Kier alpha value is -2.10. The molecule has 0 aliphatic carbocycles. The van der Waals surface area contributed by atoms with Gasteiger partial charge in [-0.1, -0.05) is 23.2 Å². The van der Waals surface area contributed by atoms with Crippen molar-refractivity contribution in [1.29, 1.82) is 0 Å². The van der Waals surface area contributed by atoms with Crippen LogP contribution in [0.1, 0.15) is 11.3 Å². The van der Waals surface area contributed by atoms with Crippen molar-refractivity contribution < 1.29 is 4.57 Å². The van der Waals surface area contributed by atoms with Crippen LogP contribution in [0.5, 0.6) is 0 Å². The molecule has 0 radical (unpaired) electrons. The Morgan fingerprint density at radius 3 is 2.89 bits per heavy atom. The first-order valence-corrected chi connectivity index (χ1v) is 6.15. The largest absolute Gasteiger partial charge is 0.391 e. The van der Waals surface area contributed by atoms with E-state index in [-0.39, 0.29) is 0 Å². The average Bonchev–Trinajstić information content (AvgIpc) is 2.79. The average molecular weight is 241 g/mol. The van der Waals surface area contributed by atoms with Crippen molar-refractivity contribution in [2.75, 3.05) is 17.2 Å². The molecule has 0 unspecified atom stereocenters. The highest BCUT2D eigenvalue weighted by atomic mass is 15.2. The number of hydrogen-bond acceptors (Lipinski definition) is 3. The van der Waals surface area contributed by atoms with E-state index < -0.39 is 0 Å². The first-order valence-electron chi connectivity index (χ1n) is 6.15. The Morgan fingerprint density at radius 1 is 1.33 bits per heavy atom. The Bertz CT molecular complexity index is 583. The summed E-state index contributed by atoms with van der Waals surface area (Å²) in [7, 11) is 1.93. The van der Waals surface area contributed by atoms with Crippen molar-refractivity contribution in [3.63, 3.8) is 0 Å². The number of rotatable bonds is 1. The molecule has 0 saturated heterocycles. The van der Waals surface area contributed by atoms with Crippen molar-refractivity contribution in [2.45, 2.75) is 13.3 Å². The SMILES string of the molecule is Cc1cc(N2CCc3ccccc32)nc(N)[n+]1C. The second kappa shape index (κ2) is 3.98. The molecule has 0 spiro atoms. The predicted octanol–water partition coefficient (Wildman–Crippen LogP) is 1.49. The fraction of sp³-hybridized carbons (Fsp3) is 0.286. The van der Waals surface area contributed by atoms with E-state index in [1.165, 1.54) is 11.3 Å². The summed E-state index contributed by atoms with van der Waals surface area (Å²) in [6.45, 7) is 3.02. The Kier molecular flexibility index (Phi) is 2.44. The van der Waals surface area contributed by atoms with Gasteiger partial charge in [-0.3, -0.25) is 5.73 Å². The monoisotopic (exact) mass is 241 g/mol. The van der Waals surface area contributed by atoms with Gasteiger partial charge in [0.2, 0.25) is 5.82 Å². The molecular weight excluding hydrogens is 224 g/mol. The van der Waals surface area contributed by atoms with Gasteiger partial charge in [0.15, 0.2) is 0 Å². The number of aromatic nitrogens is 2. The predicted molar refractivity (Wildman–Crippen MR) is 71.7 cm³/mol. The van der Waals surface area contributed by atoms with Crippen LogP contribution in [0, 0.1) is 6.92 Å². The van der Waals surface area contributed by atoms with Gasteiger partial charge in [0.05, 0.1) is 12.7 Å². The molecule has 1 aliphatic heterocycles. The molecule has 0 atom stereocenters. The highest BCUT2D eigenvalue weighted by Gasteiger charge is 2.24. The third kappa shape index (κ3) is 1.61. The molecule has 92 valence electrons. The lowest BCUT2D eigenvalue weighted by atomic mass is 10.2. The maximum atomic E-state index is 5.93. The van der Waals surface area contributed by atoms with Crippen LogP contribution in [0.25, 0.3) is 0 Å². The van der Waals surface area contributed by atoms with E-state index >= 15 is 0 Å². The number of fused-ring (bicyclic) bond motifs is 1. The fourth-order valence-electron chi connectivity index (χ4n) is 2.40. The first kappa shape index (κ1) is 11.0. The van der Waals surface area contributed by atoms with Crippen LogP contribution in [0.4, 0.5) is 17.5 Å². The third-order valence-corrected chi connectivity index (χ3v) is 3.60. The molecule has 1 aromatic carbocycles. The molecule has 18 heavy (non-hydrogen) atoms. The lowest BCUT2D eigenvalue weighted by Gasteiger charge is -2.16. The van der Waals surface area contributed by atoms with E-state index in [2.05, 4.69) is 40.2 Å². The normalized spacial score (nSPS) is 13.8. The summed E-state index contributed by atoms with van der Waals surface area (Å²) < 4.78 is 1.89. The van der Waals surface area contributed by atoms with Crippen LogP contribution in [-0.4, -0.2) is 11.5 Å². The van der Waals surface area contributed by atoms with E-state index in [1.54, 1.807) is 0 Å². The number of benzene rings is 1. The van der Waals surface area contributed by atoms with Gasteiger partial charge in [-0.25, -0.2) is 4.57 Å². The number of hydrogen-bond donors (Lipinski definition) is 1. The molecule has 2 aromatic rings. The molecule has 1 aromatic heterocycles. The molecule has 0 amide bonds. The molecule has 0 bridgehead atoms. The van der Waals surface area contributed by atoms with Crippen LogP contribution in [0.2, 0.25) is 0 Å². The van der Waals surface area contributed by atoms with E-state index in [1.807, 2.05) is 18.5 Å². The number of aryl methyl sites for hydroxylation is 1. The summed E-state index contributed by atoms with van der Waals surface area (Å²) >= 11 is 0. The first-order chi connectivity index (χ1) is 8.66. The summed E-state index contributed by atoms with van der Waals surface area (Å²) in [6, 6.07) is 10.5. The van der Waals surface area contributed by atoms with Gasteiger partial charge >= 0.3 is 5.95 Å². The van der Waals surface area contributed by atoms with Crippen molar-refractivity contribution in [2.24, 2.45) is 7.05 Å². The summed E-state index contributed by atoms with van der Waals surface area (Å²) in [6.07, 6.45) is 1.07. The molecule has 0 saturated carbocycles. The minimum atomic E-state index is 0.550. The molecule has 3 rings (SSSR count). The summed E-state index contributed by atoms with van der Waals surface area (Å²) in [5.74, 6) is 1.49. The maximum absolute atomic E-state index is 5.93. The molecular formula is C14H17N4+. The maximum Gasteiger partial charge on any atom is 0.391 e. The molecule has 4 heteroatoms. The minimum Gasteiger partial charge on any atom is -0.312 e. The standard InChI is InChI=1S/C14H16N4/c1-10-9-13(16-14(15)17(10)2)18-8-7-11-5-3-4-6-12(11)18/h3-6,9,15H,7-8H2,1-2H3/p+1. The zero-order chi connectivity index (χ0) is 12.7. The fourth-order valence-corrected chi connectivity index (χ4v) is 2.40. The van der Waals surface area contributed by atoms with Crippen LogP contribution < -0.4 is 15.2 Å². The highest BCUT2D eigenvalue weighted by molar-refractivity contribution is 5.67. The quantitative estimate of drug-likeness (QED) is 0.769. The van der Waals surface area contributed by atoms with E-state index in [0.717, 1.165) is 24.5 Å². The smallest absolute Gasteiger partial charge is 0.312 e. The summed E-state index contributed by atoms with van der Waals surface area (Å²) in [4.78, 5) is 6.72. The molecule has 0 fully saturated rings. The second-order valence-electron chi connectivity index (χ2n) is 4.70. The van der Waals surface area contributed by atoms with Crippen LogP contribution in [0.15, 0.2) is 30.3 Å². The minimum absolute atomic E-state index is 0.550. The van der Waals surface area contributed by atoms with Gasteiger partial charge in [0.1, 0.15) is 0 Å². The van der Waals surface area contributed by atoms with E-state index in [0.29, 0.717) is 5.95 Å². The number of anilines is 3. The van der Waals surface area contributed by atoms with E-state index in [4.69, 9.17) is 5.73 Å². The summed E-state index contributed by atoms with van der Waals surface area (Å²) in [5, 5.41) is 0. The van der Waals surface area contributed by atoms with Crippen LogP contribution >= 0.6 is 0 Å². The Morgan fingerprint density at radius 2 is 2.11 bits per heavy atom. The lowest BCUT2D eigenvalue weighted by molar-refractivity contribution is -0.665. The molecule has 1 aliphatic rings. The topological polar surface area (TPSA) is 46.0 Å². The van der Waals surface area contributed by atoms with Crippen molar-refractivity contribution in [1.82, 2.24) is 4.98 Å². The van der Waals surface area contributed by atoms with Gasteiger partial charge in [0, 0.05) is 18.3 Å².